The van der Waals surface area contributed by atoms with E-state index >= 15 is 0 Å². The van der Waals surface area contributed by atoms with E-state index in [1.165, 1.54) is 0 Å². The Hall–Kier alpha value is 0.570. The van der Waals surface area contributed by atoms with Crippen LogP contribution in [0.1, 0.15) is 0 Å². The van der Waals surface area contributed by atoms with Crippen molar-refractivity contribution < 1.29 is 23.8 Å². The molecule has 0 saturated heterocycles. The number of phosphoric acid groups is 1. The first kappa shape index (κ1) is 18.9. The van der Waals surface area contributed by atoms with Gasteiger partial charge in [0.1, 0.15) is 5.75 Å². The molecule has 0 aliphatic rings. The summed E-state index contributed by atoms with van der Waals surface area (Å²) < 4.78 is 14.5. The van der Waals surface area contributed by atoms with E-state index < -0.39 is 12.7 Å². The van der Waals surface area contributed by atoms with Crippen LogP contribution in [0.5, 0.6) is 5.75 Å². The van der Waals surface area contributed by atoms with E-state index in [0.29, 0.717) is 0 Å². The molecule has 0 spiro atoms. The Bertz CT molecular complexity index is 391. The summed E-state index contributed by atoms with van der Waals surface area (Å²) in [7, 11) is -4.60. The predicted molar refractivity (Wildman–Crippen MR) is 60.1 cm³/mol. The van der Waals surface area contributed by atoms with Gasteiger partial charge in [0.2, 0.25) is 0 Å². The second-order valence-corrected chi connectivity index (χ2v) is 3.50. The van der Waals surface area contributed by atoms with Gasteiger partial charge < -0.3 is 4.52 Å². The number of hydrogen-bond acceptors (Lipinski definition) is 4. The second-order valence-electron chi connectivity index (χ2n) is 2.33. The summed E-state index contributed by atoms with van der Waals surface area (Å²) in [5.74, 6) is -0.121. The van der Waals surface area contributed by atoms with Crippen LogP contribution in [0.25, 0.3) is 0 Å². The van der Waals surface area contributed by atoms with E-state index in [-0.39, 0.29) is 70.6 Å². The zero-order chi connectivity index (χ0) is 10.8. The maximum atomic E-state index is 10.4. The Morgan fingerprint density at radius 2 is 1.62 bits per heavy atom. The van der Waals surface area contributed by atoms with Gasteiger partial charge in [0, 0.05) is 12.1 Å². The van der Waals surface area contributed by atoms with Crippen molar-refractivity contribution in [2.24, 2.45) is 0 Å². The van der Waals surface area contributed by atoms with Gasteiger partial charge in [0.05, 0.1) is 4.92 Å². The average molecular weight is 267 g/mol. The fraction of sp³-hybridized carbons (Fsp3) is 0. The summed E-state index contributed by atoms with van der Waals surface area (Å²) in [6, 6.07) is 4.39. The van der Waals surface area contributed by atoms with Crippen LogP contribution in [0.2, 0.25) is 0 Å². The number of nitro groups is 1. The first-order valence-corrected chi connectivity index (χ1v) is 4.91. The van der Waals surface area contributed by atoms with Gasteiger partial charge in [0.25, 0.3) is 5.69 Å². The first-order valence-electron chi connectivity index (χ1n) is 3.38. The van der Waals surface area contributed by atoms with E-state index in [4.69, 9.17) is 9.79 Å². The topological polar surface area (TPSA) is 110 Å². The van der Waals surface area contributed by atoms with Crippen LogP contribution >= 0.6 is 7.82 Å². The van der Waals surface area contributed by atoms with Gasteiger partial charge in [-0.25, -0.2) is 4.57 Å². The van der Waals surface area contributed by atoms with E-state index in [1.54, 1.807) is 0 Å². The molecule has 0 radical (unpaired) electrons. The number of benzene rings is 1. The fourth-order valence-corrected chi connectivity index (χ4v) is 1.16. The minimum absolute atomic E-state index is 0. The molecular weight excluding hydrogens is 259 g/mol. The first-order chi connectivity index (χ1) is 6.38. The molecule has 0 aromatic heterocycles. The zero-order valence-electron chi connectivity index (χ0n) is 6.73. The molecule has 80 valence electrons. The SMILES string of the molecule is O=[N+]([O-])c1ccc(OP(=O)(O)O)cc1.[NaH].[NaH]. The van der Waals surface area contributed by atoms with Crippen molar-refractivity contribution in [1.82, 2.24) is 0 Å². The molecular formula is C6H8NNa2O6P. The monoisotopic (exact) mass is 267 g/mol. The van der Waals surface area contributed by atoms with Crippen LogP contribution in [-0.4, -0.2) is 73.8 Å². The van der Waals surface area contributed by atoms with Crippen molar-refractivity contribution in [3.63, 3.8) is 0 Å². The molecule has 16 heavy (non-hydrogen) atoms. The van der Waals surface area contributed by atoms with Crippen LogP contribution in [0.4, 0.5) is 5.69 Å². The number of rotatable bonds is 3. The molecule has 0 fully saturated rings. The van der Waals surface area contributed by atoms with Crippen LogP contribution in [0, 0.1) is 10.1 Å². The number of phosphoric ester groups is 1. The molecule has 0 unspecified atom stereocenters. The van der Waals surface area contributed by atoms with Gasteiger partial charge in [-0.2, -0.15) is 0 Å². The van der Waals surface area contributed by atoms with E-state index in [0.717, 1.165) is 24.3 Å². The van der Waals surface area contributed by atoms with E-state index in [2.05, 4.69) is 4.52 Å². The molecule has 1 aromatic rings. The summed E-state index contributed by atoms with van der Waals surface area (Å²) in [4.78, 5) is 26.4. The van der Waals surface area contributed by atoms with Crippen LogP contribution in [-0.2, 0) is 4.57 Å². The van der Waals surface area contributed by atoms with Crippen molar-refractivity contribution >= 4 is 72.6 Å². The van der Waals surface area contributed by atoms with Gasteiger partial charge in [0.15, 0.2) is 0 Å². The summed E-state index contributed by atoms with van der Waals surface area (Å²) >= 11 is 0. The van der Waals surface area contributed by atoms with Crippen LogP contribution in [0.15, 0.2) is 24.3 Å². The molecule has 7 nitrogen and oxygen atoms in total. The molecule has 1 rings (SSSR count). The second kappa shape index (κ2) is 7.81. The maximum absolute atomic E-state index is 10.4. The molecule has 0 aliphatic heterocycles. The Kier molecular flexibility index (Phi) is 9.24. The van der Waals surface area contributed by atoms with Gasteiger partial charge >= 0.3 is 66.9 Å². The van der Waals surface area contributed by atoms with Crippen molar-refractivity contribution in [2.75, 3.05) is 0 Å². The van der Waals surface area contributed by atoms with Crippen molar-refractivity contribution in [3.05, 3.63) is 34.4 Å². The molecule has 0 heterocycles. The molecule has 0 aliphatic carbocycles. The number of nitrogens with zero attached hydrogens (tertiary/aromatic N) is 1. The average Bonchev–Trinajstić information content (AvgIpc) is 2.02. The molecule has 2 N–H and O–H groups in total. The predicted octanol–water partition coefficient (Wildman–Crippen LogP) is -0.231. The van der Waals surface area contributed by atoms with Crippen LogP contribution in [0.3, 0.4) is 0 Å². The van der Waals surface area contributed by atoms with Gasteiger partial charge in [-0.05, 0) is 12.1 Å². The minimum atomic E-state index is -4.60. The Labute approximate surface area is 135 Å². The normalized spacial score (nSPS) is 9.62. The third-order valence-electron chi connectivity index (χ3n) is 1.27. The summed E-state index contributed by atoms with van der Waals surface area (Å²) in [5.41, 5.74) is -0.178. The van der Waals surface area contributed by atoms with Gasteiger partial charge in [-0.1, -0.05) is 0 Å². The molecule has 0 atom stereocenters. The Morgan fingerprint density at radius 1 is 1.19 bits per heavy atom. The Morgan fingerprint density at radius 3 is 1.94 bits per heavy atom. The van der Waals surface area contributed by atoms with Crippen LogP contribution < -0.4 is 4.52 Å². The summed E-state index contributed by atoms with van der Waals surface area (Å²) in [5, 5.41) is 10.2. The Balaban J connectivity index is 0. The third-order valence-corrected chi connectivity index (χ3v) is 1.72. The molecule has 0 bridgehead atoms. The zero-order valence-corrected chi connectivity index (χ0v) is 7.63. The molecule has 10 heteroatoms. The molecule has 1 aromatic carbocycles. The third kappa shape index (κ3) is 7.01. The number of non-ortho nitro benzene ring substituents is 1. The van der Waals surface area contributed by atoms with Gasteiger partial charge in [-0.15, -0.1) is 0 Å². The number of hydrogen-bond donors (Lipinski definition) is 2. The van der Waals surface area contributed by atoms with E-state index in [1.807, 2.05) is 0 Å². The van der Waals surface area contributed by atoms with Crippen molar-refractivity contribution in [1.29, 1.82) is 0 Å². The summed E-state index contributed by atoms with van der Waals surface area (Å²) in [6.45, 7) is 0. The summed E-state index contributed by atoms with van der Waals surface area (Å²) in [6.07, 6.45) is 0. The molecule has 0 saturated carbocycles. The van der Waals surface area contributed by atoms with Crippen molar-refractivity contribution in [2.45, 2.75) is 0 Å². The fourth-order valence-electron chi connectivity index (χ4n) is 0.766. The van der Waals surface area contributed by atoms with Crippen molar-refractivity contribution in [3.8, 4) is 5.75 Å². The molecule has 0 amide bonds. The standard InChI is InChI=1S/C6H6NO6P.2Na.2H/c8-7(9)5-1-3-6(4-2-5)13-14(10,11)12;;;;/h1-4H,(H2,10,11,12);;;;. The quantitative estimate of drug-likeness (QED) is 0.339. The number of nitro benzene ring substituents is 1. The van der Waals surface area contributed by atoms with E-state index in [9.17, 15) is 14.7 Å². The van der Waals surface area contributed by atoms with Gasteiger partial charge in [-0.3, -0.25) is 19.9 Å².